The standard InChI is InChI=1S/C7H10F2/c1-3-5-6-7(8,9)4-2/h3-4H,1-2,5-6H2. The number of hydrogen-bond donors (Lipinski definition) is 0. The zero-order valence-corrected chi connectivity index (χ0v) is 5.24. The van der Waals surface area contributed by atoms with Crippen molar-refractivity contribution in [3.05, 3.63) is 25.3 Å². The second kappa shape index (κ2) is 3.38. The molecule has 0 radical (unpaired) electrons. The van der Waals surface area contributed by atoms with Crippen LogP contribution in [0.3, 0.4) is 0 Å². The Kier molecular flexibility index (Phi) is 3.13. The van der Waals surface area contributed by atoms with Gasteiger partial charge in [0.15, 0.2) is 0 Å². The summed E-state index contributed by atoms with van der Waals surface area (Å²) in [6.07, 6.45) is 2.28. The van der Waals surface area contributed by atoms with Gasteiger partial charge in [-0.3, -0.25) is 0 Å². The normalized spacial score (nSPS) is 10.9. The predicted octanol–water partition coefficient (Wildman–Crippen LogP) is 2.77. The van der Waals surface area contributed by atoms with Crippen LogP contribution in [0.25, 0.3) is 0 Å². The van der Waals surface area contributed by atoms with Crippen LogP contribution in [0.1, 0.15) is 12.8 Å². The highest BCUT2D eigenvalue weighted by molar-refractivity contribution is 4.88. The Labute approximate surface area is 53.9 Å². The maximum atomic E-state index is 12.2. The molecule has 52 valence electrons. The molecule has 9 heavy (non-hydrogen) atoms. The van der Waals surface area contributed by atoms with E-state index in [1.807, 2.05) is 0 Å². The summed E-state index contributed by atoms with van der Waals surface area (Å²) in [5, 5.41) is 0. The van der Waals surface area contributed by atoms with Crippen molar-refractivity contribution >= 4 is 0 Å². The number of allylic oxidation sites excluding steroid dienone is 2. The van der Waals surface area contributed by atoms with Gasteiger partial charge in [-0.2, -0.15) is 0 Å². The molecule has 0 bridgehead atoms. The smallest absolute Gasteiger partial charge is 0.202 e. The Hall–Kier alpha value is -0.660. The molecule has 0 unspecified atom stereocenters. The van der Waals surface area contributed by atoms with E-state index in [9.17, 15) is 8.78 Å². The van der Waals surface area contributed by atoms with Crippen molar-refractivity contribution in [2.75, 3.05) is 0 Å². The lowest BCUT2D eigenvalue weighted by atomic mass is 10.2. The zero-order valence-electron chi connectivity index (χ0n) is 5.24. The van der Waals surface area contributed by atoms with Crippen molar-refractivity contribution in [2.24, 2.45) is 0 Å². The molecule has 0 atom stereocenters. The fraction of sp³-hybridized carbons (Fsp3) is 0.429. The van der Waals surface area contributed by atoms with Gasteiger partial charge in [-0.25, -0.2) is 8.78 Å². The van der Waals surface area contributed by atoms with Gasteiger partial charge in [0.2, 0.25) is 0 Å². The van der Waals surface area contributed by atoms with E-state index in [4.69, 9.17) is 0 Å². The molecule has 0 aliphatic rings. The number of alkyl halides is 2. The molecule has 2 heteroatoms. The summed E-state index contributed by atoms with van der Waals surface area (Å²) in [5.74, 6) is -2.71. The van der Waals surface area contributed by atoms with Crippen LogP contribution in [0.5, 0.6) is 0 Å². The average Bonchev–Trinajstić information content (AvgIpc) is 1.84. The van der Waals surface area contributed by atoms with Crippen LogP contribution in [0.2, 0.25) is 0 Å². The monoisotopic (exact) mass is 132 g/mol. The van der Waals surface area contributed by atoms with Gasteiger partial charge < -0.3 is 0 Å². The Morgan fingerprint density at radius 3 is 2.22 bits per heavy atom. The largest absolute Gasteiger partial charge is 0.266 e. The Balaban J connectivity index is 3.57. The molecule has 0 aromatic rings. The first-order valence-corrected chi connectivity index (χ1v) is 2.74. The lowest BCUT2D eigenvalue weighted by Gasteiger charge is -2.07. The SMILES string of the molecule is C=CCCC(F)(F)C=C. The fourth-order valence-corrected chi connectivity index (χ4v) is 0.397. The first-order valence-electron chi connectivity index (χ1n) is 2.74. The summed E-state index contributed by atoms with van der Waals surface area (Å²) >= 11 is 0. The molecule has 0 heterocycles. The summed E-state index contributed by atoms with van der Waals surface area (Å²) in [7, 11) is 0. The first-order chi connectivity index (χ1) is 4.12. The van der Waals surface area contributed by atoms with E-state index in [-0.39, 0.29) is 6.42 Å². The van der Waals surface area contributed by atoms with E-state index >= 15 is 0 Å². The topological polar surface area (TPSA) is 0 Å². The van der Waals surface area contributed by atoms with E-state index in [0.717, 1.165) is 0 Å². The molecule has 0 saturated carbocycles. The third kappa shape index (κ3) is 3.88. The van der Waals surface area contributed by atoms with Gasteiger partial charge in [-0.1, -0.05) is 12.7 Å². The van der Waals surface area contributed by atoms with Crippen LogP contribution in [0, 0.1) is 0 Å². The van der Waals surface area contributed by atoms with E-state index in [1.165, 1.54) is 6.08 Å². The summed E-state index contributed by atoms with van der Waals surface area (Å²) in [6.45, 7) is 6.33. The lowest BCUT2D eigenvalue weighted by Crippen LogP contribution is -2.09. The van der Waals surface area contributed by atoms with Gasteiger partial charge >= 0.3 is 0 Å². The first kappa shape index (κ1) is 8.34. The Bertz CT molecular complexity index is 105. The van der Waals surface area contributed by atoms with Gasteiger partial charge in [0.1, 0.15) is 0 Å². The predicted molar refractivity (Wildman–Crippen MR) is 34.6 cm³/mol. The highest BCUT2D eigenvalue weighted by atomic mass is 19.3. The zero-order chi connectivity index (χ0) is 7.33. The molecule has 0 nitrogen and oxygen atoms in total. The van der Waals surface area contributed by atoms with Crippen LogP contribution >= 0.6 is 0 Å². The summed E-state index contributed by atoms with van der Waals surface area (Å²) in [6, 6.07) is 0. The van der Waals surface area contributed by atoms with Crippen molar-refractivity contribution in [1.29, 1.82) is 0 Å². The molecule has 0 aliphatic carbocycles. The van der Waals surface area contributed by atoms with Crippen molar-refractivity contribution in [3.8, 4) is 0 Å². The van der Waals surface area contributed by atoms with E-state index in [2.05, 4.69) is 13.2 Å². The van der Waals surface area contributed by atoms with Gasteiger partial charge in [0.25, 0.3) is 5.92 Å². The van der Waals surface area contributed by atoms with Crippen LogP contribution in [0.4, 0.5) is 8.78 Å². The molecule has 0 rings (SSSR count). The minimum absolute atomic E-state index is 0.181. The molecule has 0 saturated heterocycles. The summed E-state index contributed by atoms with van der Waals surface area (Å²) in [5.41, 5.74) is 0. The summed E-state index contributed by atoms with van der Waals surface area (Å²) in [4.78, 5) is 0. The van der Waals surface area contributed by atoms with Gasteiger partial charge in [-0.15, -0.1) is 6.58 Å². The minimum atomic E-state index is -2.71. The van der Waals surface area contributed by atoms with E-state index < -0.39 is 5.92 Å². The number of rotatable bonds is 4. The quantitative estimate of drug-likeness (QED) is 0.516. The molecular formula is C7H10F2. The van der Waals surface area contributed by atoms with Crippen LogP contribution in [0.15, 0.2) is 25.3 Å². The third-order valence-electron chi connectivity index (χ3n) is 0.980. The van der Waals surface area contributed by atoms with Gasteiger partial charge in [0, 0.05) is 6.42 Å². The van der Waals surface area contributed by atoms with Gasteiger partial charge in [-0.05, 0) is 12.5 Å². The molecule has 0 N–H and O–H groups in total. The van der Waals surface area contributed by atoms with Gasteiger partial charge in [0.05, 0.1) is 0 Å². The molecular weight excluding hydrogens is 122 g/mol. The molecule has 0 fully saturated rings. The highest BCUT2D eigenvalue weighted by Gasteiger charge is 2.21. The number of halogens is 2. The Morgan fingerprint density at radius 1 is 1.33 bits per heavy atom. The molecule has 0 spiro atoms. The second-order valence-corrected chi connectivity index (χ2v) is 1.79. The average molecular weight is 132 g/mol. The van der Waals surface area contributed by atoms with E-state index in [0.29, 0.717) is 12.5 Å². The molecule has 0 aromatic carbocycles. The maximum Gasteiger partial charge on any atom is 0.266 e. The fourth-order valence-electron chi connectivity index (χ4n) is 0.397. The highest BCUT2D eigenvalue weighted by Crippen LogP contribution is 2.20. The van der Waals surface area contributed by atoms with Crippen molar-refractivity contribution in [3.63, 3.8) is 0 Å². The second-order valence-electron chi connectivity index (χ2n) is 1.79. The maximum absolute atomic E-state index is 12.2. The Morgan fingerprint density at radius 2 is 1.89 bits per heavy atom. The van der Waals surface area contributed by atoms with Crippen molar-refractivity contribution in [2.45, 2.75) is 18.8 Å². The minimum Gasteiger partial charge on any atom is -0.202 e. The lowest BCUT2D eigenvalue weighted by molar-refractivity contribution is 0.0472. The summed E-state index contributed by atoms with van der Waals surface area (Å²) < 4.78 is 24.3. The third-order valence-corrected chi connectivity index (χ3v) is 0.980. The van der Waals surface area contributed by atoms with Crippen molar-refractivity contribution in [1.82, 2.24) is 0 Å². The van der Waals surface area contributed by atoms with Crippen molar-refractivity contribution < 1.29 is 8.78 Å². The molecule has 0 amide bonds. The number of hydrogen-bond acceptors (Lipinski definition) is 0. The molecule has 0 aliphatic heterocycles. The van der Waals surface area contributed by atoms with Crippen LogP contribution < -0.4 is 0 Å². The van der Waals surface area contributed by atoms with Crippen LogP contribution in [-0.2, 0) is 0 Å². The van der Waals surface area contributed by atoms with E-state index in [1.54, 1.807) is 0 Å². The van der Waals surface area contributed by atoms with Crippen LogP contribution in [-0.4, -0.2) is 5.92 Å². The molecule has 0 aromatic heterocycles.